The Hall–Kier alpha value is -1.06. The molecule has 1 saturated carbocycles. The monoisotopic (exact) mass is 158 g/mol. The molecule has 4 heteroatoms. The Morgan fingerprint density at radius 2 is 1.45 bits per heavy atom. The van der Waals surface area contributed by atoms with Gasteiger partial charge in [0.25, 0.3) is 0 Å². The first-order valence-electron chi connectivity index (χ1n) is 3.36. The Labute approximate surface area is 64.5 Å². The van der Waals surface area contributed by atoms with Crippen molar-refractivity contribution >= 4 is 11.9 Å². The predicted molar refractivity (Wildman–Crippen MR) is 35.6 cm³/mol. The van der Waals surface area contributed by atoms with E-state index in [1.807, 2.05) is 0 Å². The Balaban J connectivity index is 2.37. The minimum atomic E-state index is -0.319. The quantitative estimate of drug-likeness (QED) is 0.529. The number of ether oxygens (including phenoxy) is 2. The molecule has 1 rings (SSSR count). The van der Waals surface area contributed by atoms with Crippen LogP contribution in [-0.2, 0) is 19.1 Å². The molecule has 0 aromatic heterocycles. The van der Waals surface area contributed by atoms with Crippen LogP contribution in [0.25, 0.3) is 0 Å². The molecule has 1 unspecified atom stereocenters. The fraction of sp³-hybridized carbons (Fsp3) is 0.714. The molecule has 0 saturated heterocycles. The standard InChI is InChI=1S/C7H10O4/c1-10-6(8)4-3-5(4)7(9)11-2/h4-5H,3H2,1-2H3/t4-,5?/m1/s1. The van der Waals surface area contributed by atoms with Crippen LogP contribution >= 0.6 is 0 Å². The zero-order valence-electron chi connectivity index (χ0n) is 6.49. The highest BCUT2D eigenvalue weighted by molar-refractivity contribution is 5.87. The molecule has 1 fully saturated rings. The van der Waals surface area contributed by atoms with Crippen molar-refractivity contribution in [3.63, 3.8) is 0 Å². The van der Waals surface area contributed by atoms with Gasteiger partial charge in [-0.3, -0.25) is 9.59 Å². The van der Waals surface area contributed by atoms with Crippen molar-refractivity contribution in [1.29, 1.82) is 0 Å². The number of rotatable bonds is 2. The third-order valence-corrected chi connectivity index (χ3v) is 1.80. The molecule has 11 heavy (non-hydrogen) atoms. The lowest BCUT2D eigenvalue weighted by Gasteiger charge is -1.96. The van der Waals surface area contributed by atoms with Crippen LogP contribution in [0.3, 0.4) is 0 Å². The van der Waals surface area contributed by atoms with Gasteiger partial charge >= 0.3 is 11.9 Å². The maximum Gasteiger partial charge on any atom is 0.309 e. The zero-order valence-corrected chi connectivity index (χ0v) is 6.49. The van der Waals surface area contributed by atoms with Gasteiger partial charge in [0.2, 0.25) is 0 Å². The van der Waals surface area contributed by atoms with E-state index in [2.05, 4.69) is 9.47 Å². The van der Waals surface area contributed by atoms with E-state index in [9.17, 15) is 9.59 Å². The van der Waals surface area contributed by atoms with E-state index in [1.165, 1.54) is 14.2 Å². The van der Waals surface area contributed by atoms with Crippen LogP contribution in [0.2, 0.25) is 0 Å². The second-order valence-electron chi connectivity index (χ2n) is 2.50. The van der Waals surface area contributed by atoms with Crippen molar-refractivity contribution in [2.75, 3.05) is 14.2 Å². The molecule has 2 atom stereocenters. The van der Waals surface area contributed by atoms with Gasteiger partial charge in [-0.05, 0) is 6.42 Å². The second kappa shape index (κ2) is 2.90. The molecule has 0 N–H and O–H groups in total. The number of carbonyl (C=O) groups excluding carboxylic acids is 2. The SMILES string of the molecule is COC(=O)C1C[C@H]1C(=O)OC. The molecule has 0 amide bonds. The Morgan fingerprint density at radius 3 is 1.73 bits per heavy atom. The second-order valence-corrected chi connectivity index (χ2v) is 2.50. The normalized spacial score (nSPS) is 27.5. The van der Waals surface area contributed by atoms with E-state index in [-0.39, 0.29) is 23.8 Å². The van der Waals surface area contributed by atoms with Crippen molar-refractivity contribution in [1.82, 2.24) is 0 Å². The Morgan fingerprint density at radius 1 is 1.09 bits per heavy atom. The van der Waals surface area contributed by atoms with Gasteiger partial charge in [-0.25, -0.2) is 0 Å². The molecule has 0 heterocycles. The summed E-state index contributed by atoms with van der Waals surface area (Å²) in [5, 5.41) is 0. The molecular formula is C7H10O4. The molecule has 0 radical (unpaired) electrons. The average Bonchev–Trinajstić information content (AvgIpc) is 2.80. The van der Waals surface area contributed by atoms with Gasteiger partial charge in [0, 0.05) is 0 Å². The third kappa shape index (κ3) is 1.50. The topological polar surface area (TPSA) is 52.6 Å². The lowest BCUT2D eigenvalue weighted by atomic mass is 10.3. The van der Waals surface area contributed by atoms with Crippen molar-refractivity contribution in [3.8, 4) is 0 Å². The lowest BCUT2D eigenvalue weighted by molar-refractivity contribution is -0.148. The van der Waals surface area contributed by atoms with Gasteiger partial charge in [-0.2, -0.15) is 0 Å². The maximum absolute atomic E-state index is 10.8. The van der Waals surface area contributed by atoms with Crippen molar-refractivity contribution in [2.45, 2.75) is 6.42 Å². The number of esters is 2. The summed E-state index contributed by atoms with van der Waals surface area (Å²) < 4.78 is 8.90. The molecule has 0 aliphatic heterocycles. The van der Waals surface area contributed by atoms with Crippen molar-refractivity contribution in [3.05, 3.63) is 0 Å². The van der Waals surface area contributed by atoms with Gasteiger partial charge in [0.05, 0.1) is 26.1 Å². The minimum Gasteiger partial charge on any atom is -0.469 e. The largest absolute Gasteiger partial charge is 0.469 e. The summed E-state index contributed by atoms with van der Waals surface area (Å²) >= 11 is 0. The molecule has 4 nitrogen and oxygen atoms in total. The average molecular weight is 158 g/mol. The summed E-state index contributed by atoms with van der Waals surface area (Å²) in [6.45, 7) is 0. The van der Waals surface area contributed by atoms with E-state index < -0.39 is 0 Å². The molecule has 62 valence electrons. The van der Waals surface area contributed by atoms with Gasteiger partial charge in [-0.1, -0.05) is 0 Å². The first-order valence-corrected chi connectivity index (χ1v) is 3.36. The minimum absolute atomic E-state index is 0.257. The fourth-order valence-corrected chi connectivity index (χ4v) is 1.02. The molecular weight excluding hydrogens is 148 g/mol. The van der Waals surface area contributed by atoms with Crippen molar-refractivity contribution in [2.24, 2.45) is 11.8 Å². The summed E-state index contributed by atoms with van der Waals surface area (Å²) in [6, 6.07) is 0. The van der Waals surface area contributed by atoms with Crippen molar-refractivity contribution < 1.29 is 19.1 Å². The summed E-state index contributed by atoms with van der Waals surface area (Å²) in [5.74, 6) is -1.15. The highest BCUT2D eigenvalue weighted by Crippen LogP contribution is 2.40. The number of hydrogen-bond donors (Lipinski definition) is 0. The van der Waals surface area contributed by atoms with E-state index in [1.54, 1.807) is 0 Å². The molecule has 1 aliphatic carbocycles. The van der Waals surface area contributed by atoms with Crippen LogP contribution in [0, 0.1) is 11.8 Å². The predicted octanol–water partition coefficient (Wildman–Crippen LogP) is -0.0315. The summed E-state index contributed by atoms with van der Waals surface area (Å²) in [7, 11) is 2.63. The smallest absolute Gasteiger partial charge is 0.309 e. The van der Waals surface area contributed by atoms with Crippen LogP contribution in [-0.4, -0.2) is 26.2 Å². The number of methoxy groups -OCH3 is 2. The van der Waals surface area contributed by atoms with Crippen LogP contribution < -0.4 is 0 Å². The maximum atomic E-state index is 10.8. The third-order valence-electron chi connectivity index (χ3n) is 1.80. The highest BCUT2D eigenvalue weighted by Gasteiger charge is 2.49. The van der Waals surface area contributed by atoms with Crippen LogP contribution in [0.1, 0.15) is 6.42 Å². The lowest BCUT2D eigenvalue weighted by Crippen LogP contribution is -2.10. The van der Waals surface area contributed by atoms with E-state index >= 15 is 0 Å². The molecule has 0 spiro atoms. The van der Waals surface area contributed by atoms with Crippen LogP contribution in [0.4, 0.5) is 0 Å². The first-order chi connectivity index (χ1) is 5.20. The summed E-state index contributed by atoms with van der Waals surface area (Å²) in [6.07, 6.45) is 0.569. The van der Waals surface area contributed by atoms with Gasteiger partial charge in [0.15, 0.2) is 0 Å². The Kier molecular flexibility index (Phi) is 2.12. The fourth-order valence-electron chi connectivity index (χ4n) is 1.02. The van der Waals surface area contributed by atoms with Gasteiger partial charge in [-0.15, -0.1) is 0 Å². The van der Waals surface area contributed by atoms with Gasteiger partial charge < -0.3 is 9.47 Å². The van der Waals surface area contributed by atoms with Gasteiger partial charge in [0.1, 0.15) is 0 Å². The van der Waals surface area contributed by atoms with E-state index in [4.69, 9.17) is 0 Å². The van der Waals surface area contributed by atoms with E-state index in [0.29, 0.717) is 6.42 Å². The van der Waals surface area contributed by atoms with Crippen LogP contribution in [0.15, 0.2) is 0 Å². The molecule has 0 aromatic rings. The molecule has 1 aliphatic rings. The first kappa shape index (κ1) is 8.04. The molecule has 0 aromatic carbocycles. The van der Waals surface area contributed by atoms with E-state index in [0.717, 1.165) is 0 Å². The number of hydrogen-bond acceptors (Lipinski definition) is 4. The molecule has 0 bridgehead atoms. The Bertz CT molecular complexity index is 167. The summed E-state index contributed by atoms with van der Waals surface area (Å²) in [4.78, 5) is 21.5. The summed E-state index contributed by atoms with van der Waals surface area (Å²) in [5.41, 5.74) is 0. The zero-order chi connectivity index (χ0) is 8.43. The number of carbonyl (C=O) groups is 2. The van der Waals surface area contributed by atoms with Crippen LogP contribution in [0.5, 0.6) is 0 Å². The highest BCUT2D eigenvalue weighted by atomic mass is 16.5.